The molecule has 19 heavy (non-hydrogen) atoms. The summed E-state index contributed by atoms with van der Waals surface area (Å²) >= 11 is 0. The van der Waals surface area contributed by atoms with Crippen LogP contribution in [0.2, 0.25) is 0 Å². The second-order valence-corrected chi connectivity index (χ2v) is 5.06. The van der Waals surface area contributed by atoms with E-state index in [1.807, 2.05) is 0 Å². The van der Waals surface area contributed by atoms with Crippen molar-refractivity contribution >= 4 is 11.6 Å². The Hall–Kier alpha value is -2.10. The van der Waals surface area contributed by atoms with E-state index in [0.717, 1.165) is 18.8 Å². The third-order valence-corrected chi connectivity index (χ3v) is 3.65. The molecule has 1 atom stereocenters. The average Bonchev–Trinajstić information content (AvgIpc) is 2.89. The minimum atomic E-state index is 0.386. The number of hydrogen-bond acceptors (Lipinski definition) is 4. The number of aromatic nitrogens is 2. The van der Waals surface area contributed by atoms with Crippen LogP contribution < -0.4 is 10.6 Å². The number of benzene rings is 1. The molecule has 2 N–H and O–H groups in total. The Morgan fingerprint density at radius 1 is 1.21 bits per heavy atom. The molecule has 2 heterocycles. The van der Waals surface area contributed by atoms with E-state index in [9.17, 15) is 0 Å². The van der Waals surface area contributed by atoms with Crippen molar-refractivity contribution in [3.8, 4) is 0 Å². The standard InChI is InChI=1S/C15H18N4/c1-11-4-6-12(7-5-11)13-3-2-8-19(13)15-10-17-9-14(16)18-15/h4-7,9-10,13H,2-3,8H2,1H3,(H2,16,18)/t13-/m0/s1. The average molecular weight is 254 g/mol. The minimum Gasteiger partial charge on any atom is -0.382 e. The molecule has 0 spiro atoms. The van der Waals surface area contributed by atoms with E-state index in [0.29, 0.717) is 11.9 Å². The van der Waals surface area contributed by atoms with Crippen molar-refractivity contribution in [3.63, 3.8) is 0 Å². The van der Waals surface area contributed by atoms with Crippen molar-refractivity contribution in [3.05, 3.63) is 47.8 Å². The third-order valence-electron chi connectivity index (χ3n) is 3.65. The van der Waals surface area contributed by atoms with E-state index >= 15 is 0 Å². The molecule has 0 bridgehead atoms. The third kappa shape index (κ3) is 2.38. The lowest BCUT2D eigenvalue weighted by Gasteiger charge is -2.26. The van der Waals surface area contributed by atoms with Gasteiger partial charge in [-0.3, -0.25) is 4.98 Å². The molecule has 3 rings (SSSR count). The van der Waals surface area contributed by atoms with E-state index < -0.39 is 0 Å². The van der Waals surface area contributed by atoms with Crippen LogP contribution in [0.15, 0.2) is 36.7 Å². The molecule has 4 heteroatoms. The summed E-state index contributed by atoms with van der Waals surface area (Å²) in [5.74, 6) is 1.36. The number of nitrogens with zero attached hydrogens (tertiary/aromatic N) is 3. The lowest BCUT2D eigenvalue weighted by molar-refractivity contribution is 0.710. The molecule has 1 fully saturated rings. The molecule has 0 radical (unpaired) electrons. The fourth-order valence-corrected chi connectivity index (χ4v) is 2.68. The van der Waals surface area contributed by atoms with Gasteiger partial charge in [0.15, 0.2) is 0 Å². The summed E-state index contributed by atoms with van der Waals surface area (Å²) in [6.45, 7) is 3.12. The number of nitrogen functional groups attached to an aromatic ring is 1. The van der Waals surface area contributed by atoms with Gasteiger partial charge >= 0.3 is 0 Å². The van der Waals surface area contributed by atoms with Gasteiger partial charge in [-0.2, -0.15) is 0 Å². The summed E-state index contributed by atoms with van der Waals surface area (Å²) in [5, 5.41) is 0. The predicted molar refractivity (Wildman–Crippen MR) is 76.9 cm³/mol. The Morgan fingerprint density at radius 2 is 2.00 bits per heavy atom. The highest BCUT2D eigenvalue weighted by atomic mass is 15.2. The van der Waals surface area contributed by atoms with Crippen molar-refractivity contribution in [2.45, 2.75) is 25.8 Å². The van der Waals surface area contributed by atoms with Crippen molar-refractivity contribution in [2.24, 2.45) is 0 Å². The highest BCUT2D eigenvalue weighted by Gasteiger charge is 2.27. The van der Waals surface area contributed by atoms with Crippen LogP contribution >= 0.6 is 0 Å². The van der Waals surface area contributed by atoms with Crippen LogP contribution in [0.3, 0.4) is 0 Å². The first-order valence-electron chi connectivity index (χ1n) is 6.65. The van der Waals surface area contributed by atoms with Crippen LogP contribution in [-0.4, -0.2) is 16.5 Å². The van der Waals surface area contributed by atoms with Gasteiger partial charge in [0.25, 0.3) is 0 Å². The monoisotopic (exact) mass is 254 g/mol. The van der Waals surface area contributed by atoms with Gasteiger partial charge in [-0.1, -0.05) is 29.8 Å². The predicted octanol–water partition coefficient (Wildman–Crippen LogP) is 2.71. The largest absolute Gasteiger partial charge is 0.382 e. The zero-order valence-electron chi connectivity index (χ0n) is 11.1. The highest BCUT2D eigenvalue weighted by molar-refractivity contribution is 5.46. The van der Waals surface area contributed by atoms with Gasteiger partial charge in [0.2, 0.25) is 0 Å². The molecule has 1 aliphatic heterocycles. The molecule has 4 nitrogen and oxygen atoms in total. The number of nitrogens with two attached hydrogens (primary N) is 1. The molecule has 1 aliphatic rings. The molecule has 1 saturated heterocycles. The lowest BCUT2D eigenvalue weighted by Crippen LogP contribution is -2.24. The van der Waals surface area contributed by atoms with E-state index in [2.05, 4.69) is 46.1 Å². The normalized spacial score (nSPS) is 18.8. The summed E-state index contributed by atoms with van der Waals surface area (Å²) in [6.07, 6.45) is 5.71. The molecule has 0 unspecified atom stereocenters. The van der Waals surface area contributed by atoms with Crippen LogP contribution in [-0.2, 0) is 0 Å². The van der Waals surface area contributed by atoms with Crippen LogP contribution in [0.4, 0.5) is 11.6 Å². The molecular formula is C15H18N4. The Labute approximate surface area is 113 Å². The fourth-order valence-electron chi connectivity index (χ4n) is 2.68. The Morgan fingerprint density at radius 3 is 2.74 bits per heavy atom. The molecule has 0 aliphatic carbocycles. The van der Waals surface area contributed by atoms with Crippen LogP contribution in [0.5, 0.6) is 0 Å². The molecule has 1 aromatic heterocycles. The maximum atomic E-state index is 5.73. The van der Waals surface area contributed by atoms with Crippen LogP contribution in [0, 0.1) is 6.92 Å². The Bertz CT molecular complexity index is 565. The molecule has 98 valence electrons. The second kappa shape index (κ2) is 4.88. The van der Waals surface area contributed by atoms with Gasteiger partial charge in [0, 0.05) is 6.54 Å². The summed E-state index contributed by atoms with van der Waals surface area (Å²) in [4.78, 5) is 10.8. The lowest BCUT2D eigenvalue weighted by atomic mass is 10.0. The second-order valence-electron chi connectivity index (χ2n) is 5.06. The molecule has 2 aromatic rings. The van der Waals surface area contributed by atoms with Crippen molar-refractivity contribution < 1.29 is 0 Å². The van der Waals surface area contributed by atoms with Gasteiger partial charge in [-0.15, -0.1) is 0 Å². The quantitative estimate of drug-likeness (QED) is 0.895. The summed E-state index contributed by atoms with van der Waals surface area (Å²) in [5.41, 5.74) is 8.36. The molecule has 0 amide bonds. The zero-order valence-corrected chi connectivity index (χ0v) is 11.1. The Kier molecular flexibility index (Phi) is 3.07. The number of hydrogen-bond donors (Lipinski definition) is 1. The Balaban J connectivity index is 1.91. The van der Waals surface area contributed by atoms with Gasteiger partial charge in [-0.05, 0) is 25.3 Å². The smallest absolute Gasteiger partial charge is 0.150 e. The first-order chi connectivity index (χ1) is 9.24. The van der Waals surface area contributed by atoms with E-state index in [1.54, 1.807) is 12.4 Å². The number of rotatable bonds is 2. The summed E-state index contributed by atoms with van der Waals surface area (Å²) in [7, 11) is 0. The first-order valence-corrected chi connectivity index (χ1v) is 6.65. The first kappa shape index (κ1) is 12.0. The fraction of sp³-hybridized carbons (Fsp3) is 0.333. The maximum Gasteiger partial charge on any atom is 0.150 e. The van der Waals surface area contributed by atoms with Crippen LogP contribution in [0.25, 0.3) is 0 Å². The van der Waals surface area contributed by atoms with Crippen molar-refractivity contribution in [1.82, 2.24) is 9.97 Å². The molecular weight excluding hydrogens is 236 g/mol. The van der Waals surface area contributed by atoms with Gasteiger partial charge in [0.1, 0.15) is 11.6 Å². The number of anilines is 2. The zero-order chi connectivity index (χ0) is 13.2. The minimum absolute atomic E-state index is 0.386. The highest BCUT2D eigenvalue weighted by Crippen LogP contribution is 2.35. The van der Waals surface area contributed by atoms with Gasteiger partial charge < -0.3 is 10.6 Å². The van der Waals surface area contributed by atoms with Crippen LogP contribution in [0.1, 0.15) is 30.0 Å². The van der Waals surface area contributed by atoms with E-state index in [1.165, 1.54) is 17.5 Å². The summed E-state index contributed by atoms with van der Waals surface area (Å²) < 4.78 is 0. The van der Waals surface area contributed by atoms with E-state index in [4.69, 9.17) is 5.73 Å². The van der Waals surface area contributed by atoms with Gasteiger partial charge in [0.05, 0.1) is 18.4 Å². The molecule has 0 saturated carbocycles. The van der Waals surface area contributed by atoms with Gasteiger partial charge in [-0.25, -0.2) is 4.98 Å². The van der Waals surface area contributed by atoms with E-state index in [-0.39, 0.29) is 0 Å². The number of aryl methyl sites for hydroxylation is 1. The molecule has 1 aromatic carbocycles. The van der Waals surface area contributed by atoms with Crippen molar-refractivity contribution in [1.29, 1.82) is 0 Å². The maximum absolute atomic E-state index is 5.73. The van der Waals surface area contributed by atoms with Crippen molar-refractivity contribution in [2.75, 3.05) is 17.2 Å². The summed E-state index contributed by atoms with van der Waals surface area (Å²) in [6, 6.07) is 9.13. The topological polar surface area (TPSA) is 55.0 Å². The SMILES string of the molecule is Cc1ccc([C@@H]2CCCN2c2cncc(N)n2)cc1.